The number of carbonyl (C=O) groups excluding carboxylic acids is 1. The lowest BCUT2D eigenvalue weighted by Crippen LogP contribution is -2.41. The maximum Gasteiger partial charge on any atom is 0.573 e. The van der Waals surface area contributed by atoms with E-state index in [9.17, 15) is 23.1 Å². The zero-order chi connectivity index (χ0) is 23.0. The molecule has 1 aliphatic rings. The summed E-state index contributed by atoms with van der Waals surface area (Å²) in [6.07, 6.45) is -4.28. The van der Waals surface area contributed by atoms with E-state index in [1.807, 2.05) is 18.7 Å². The number of nitrogens with one attached hydrogen (secondary N) is 1. The highest BCUT2D eigenvalue weighted by Crippen LogP contribution is 2.25. The number of methoxy groups -OCH3 is 1. The Balaban J connectivity index is 0.00000512. The molecule has 1 aliphatic heterocycles. The van der Waals surface area contributed by atoms with Gasteiger partial charge in [0.15, 0.2) is 5.96 Å². The fraction of sp³-hybridized carbons (Fsp3) is 0.619. The summed E-state index contributed by atoms with van der Waals surface area (Å²) in [5.74, 6) is -0.167. The van der Waals surface area contributed by atoms with Gasteiger partial charge >= 0.3 is 12.3 Å². The highest BCUT2D eigenvalue weighted by Gasteiger charge is 2.37. The van der Waals surface area contributed by atoms with E-state index in [-0.39, 0.29) is 60.1 Å². The Bertz CT molecular complexity index is 747. The van der Waals surface area contributed by atoms with E-state index in [2.05, 4.69) is 15.0 Å². The van der Waals surface area contributed by atoms with Gasteiger partial charge in [0.2, 0.25) is 0 Å². The molecule has 2 rings (SSSR count). The fourth-order valence-corrected chi connectivity index (χ4v) is 3.59. The van der Waals surface area contributed by atoms with Crippen molar-refractivity contribution in [3.63, 3.8) is 0 Å². The number of ether oxygens (including phenoxy) is 2. The molecule has 0 radical (unpaired) electrons. The maximum absolute atomic E-state index is 12.3. The van der Waals surface area contributed by atoms with Crippen LogP contribution in [0.3, 0.4) is 0 Å². The minimum atomic E-state index is -4.73. The number of likely N-dealkylation sites (tertiary alicyclic amines) is 1. The molecular weight excluding hydrogens is 542 g/mol. The van der Waals surface area contributed by atoms with Crippen LogP contribution in [0.15, 0.2) is 29.3 Å². The summed E-state index contributed by atoms with van der Waals surface area (Å²) in [5, 5.41) is 13.0. The molecule has 1 aromatic rings. The summed E-state index contributed by atoms with van der Waals surface area (Å²) in [6, 6.07) is 5.59. The third kappa shape index (κ3) is 8.64. The van der Waals surface area contributed by atoms with Gasteiger partial charge in [0.1, 0.15) is 5.75 Å². The quantitative estimate of drug-likeness (QED) is 0.216. The highest BCUT2D eigenvalue weighted by molar-refractivity contribution is 14.0. The first-order valence-corrected chi connectivity index (χ1v) is 10.2. The van der Waals surface area contributed by atoms with Gasteiger partial charge in [-0.1, -0.05) is 19.1 Å². The molecule has 0 spiro atoms. The molecule has 0 amide bonds. The number of alkyl halides is 3. The predicted octanol–water partition coefficient (Wildman–Crippen LogP) is 3.06. The number of aliphatic hydroxyl groups is 1. The topological polar surface area (TPSA) is 83.4 Å². The van der Waals surface area contributed by atoms with Crippen LogP contribution in [-0.2, 0) is 16.0 Å². The van der Waals surface area contributed by atoms with E-state index >= 15 is 0 Å². The van der Waals surface area contributed by atoms with Crippen molar-refractivity contribution in [2.75, 3.05) is 39.9 Å². The lowest BCUT2D eigenvalue weighted by Gasteiger charge is -2.22. The van der Waals surface area contributed by atoms with Gasteiger partial charge < -0.3 is 24.8 Å². The van der Waals surface area contributed by atoms with Gasteiger partial charge in [-0.3, -0.25) is 9.79 Å². The second-order valence-corrected chi connectivity index (χ2v) is 7.65. The van der Waals surface area contributed by atoms with E-state index in [0.29, 0.717) is 38.6 Å². The molecule has 182 valence electrons. The fourth-order valence-electron chi connectivity index (χ4n) is 3.59. The third-order valence-corrected chi connectivity index (χ3v) is 5.19. The Morgan fingerprint density at radius 3 is 2.50 bits per heavy atom. The van der Waals surface area contributed by atoms with Crippen molar-refractivity contribution in [2.24, 2.45) is 22.7 Å². The van der Waals surface area contributed by atoms with E-state index in [1.54, 1.807) is 12.1 Å². The van der Waals surface area contributed by atoms with Crippen LogP contribution in [0.25, 0.3) is 0 Å². The minimum Gasteiger partial charge on any atom is -0.469 e. The Labute approximate surface area is 203 Å². The molecule has 1 fully saturated rings. The minimum absolute atomic E-state index is 0. The number of esters is 1. The molecule has 0 aromatic heterocycles. The molecule has 0 saturated carbocycles. The highest BCUT2D eigenvalue weighted by atomic mass is 127. The second-order valence-electron chi connectivity index (χ2n) is 7.65. The molecule has 0 aliphatic carbocycles. The van der Waals surface area contributed by atoms with Crippen molar-refractivity contribution >= 4 is 35.9 Å². The van der Waals surface area contributed by atoms with Gasteiger partial charge in [0.25, 0.3) is 0 Å². The van der Waals surface area contributed by atoms with Crippen LogP contribution in [-0.4, -0.2) is 68.2 Å². The molecular formula is C21H31F3IN3O4. The van der Waals surface area contributed by atoms with Gasteiger partial charge in [0, 0.05) is 38.7 Å². The molecule has 7 nitrogen and oxygen atoms in total. The van der Waals surface area contributed by atoms with Crippen LogP contribution in [0.2, 0.25) is 0 Å². The Morgan fingerprint density at radius 2 is 1.97 bits per heavy atom. The SMILES string of the molecule is CCNC(=NCC(CO)Cc1ccc(OC(F)(F)F)cc1)N1CC(C)C(C(=O)OC)C1.I. The Morgan fingerprint density at radius 1 is 1.31 bits per heavy atom. The number of benzene rings is 1. The van der Waals surface area contributed by atoms with Crippen molar-refractivity contribution in [3.05, 3.63) is 29.8 Å². The van der Waals surface area contributed by atoms with Crippen LogP contribution in [0.4, 0.5) is 13.2 Å². The zero-order valence-corrected chi connectivity index (χ0v) is 20.7. The lowest BCUT2D eigenvalue weighted by atomic mass is 9.99. The lowest BCUT2D eigenvalue weighted by molar-refractivity contribution is -0.274. The standard InChI is InChI=1S/C21H30F3N3O4.HI/c1-4-25-20(27-11-14(2)18(12-27)19(29)30-3)26-10-16(13-28)9-15-5-7-17(8-6-15)31-21(22,23)24;/h5-8,14,16,18,28H,4,9-13H2,1-3H3,(H,25,26);1H. The van der Waals surface area contributed by atoms with Crippen molar-refractivity contribution in [2.45, 2.75) is 26.6 Å². The summed E-state index contributed by atoms with van der Waals surface area (Å²) in [7, 11) is 1.38. The molecule has 2 N–H and O–H groups in total. The second kappa shape index (κ2) is 13.1. The summed E-state index contributed by atoms with van der Waals surface area (Å²) in [6.45, 7) is 5.96. The molecule has 1 heterocycles. The number of aliphatic hydroxyl groups excluding tert-OH is 1. The monoisotopic (exact) mass is 573 g/mol. The number of hydrogen-bond donors (Lipinski definition) is 2. The molecule has 3 unspecified atom stereocenters. The predicted molar refractivity (Wildman–Crippen MR) is 125 cm³/mol. The van der Waals surface area contributed by atoms with Crippen LogP contribution < -0.4 is 10.1 Å². The van der Waals surface area contributed by atoms with Crippen molar-refractivity contribution < 1.29 is 32.5 Å². The van der Waals surface area contributed by atoms with Crippen LogP contribution in [0.5, 0.6) is 5.75 Å². The molecule has 3 atom stereocenters. The average molecular weight is 573 g/mol. The third-order valence-electron chi connectivity index (χ3n) is 5.19. The number of hydrogen-bond acceptors (Lipinski definition) is 5. The number of guanidine groups is 1. The first kappa shape index (κ1) is 28.3. The van der Waals surface area contributed by atoms with Crippen molar-refractivity contribution in [1.29, 1.82) is 0 Å². The largest absolute Gasteiger partial charge is 0.573 e. The maximum atomic E-state index is 12.3. The number of carbonyl (C=O) groups is 1. The molecule has 32 heavy (non-hydrogen) atoms. The normalized spacial score (nSPS) is 19.8. The van der Waals surface area contributed by atoms with E-state index in [0.717, 1.165) is 5.56 Å². The van der Waals surface area contributed by atoms with Crippen LogP contribution >= 0.6 is 24.0 Å². The molecule has 0 bridgehead atoms. The van der Waals surface area contributed by atoms with Crippen molar-refractivity contribution in [1.82, 2.24) is 10.2 Å². The van der Waals surface area contributed by atoms with Gasteiger partial charge in [0.05, 0.1) is 13.0 Å². The van der Waals surface area contributed by atoms with Gasteiger partial charge in [-0.25, -0.2) is 0 Å². The van der Waals surface area contributed by atoms with E-state index in [4.69, 9.17) is 4.74 Å². The van der Waals surface area contributed by atoms with Crippen LogP contribution in [0.1, 0.15) is 19.4 Å². The van der Waals surface area contributed by atoms with Gasteiger partial charge in [-0.2, -0.15) is 0 Å². The molecule has 11 heteroatoms. The van der Waals surface area contributed by atoms with Gasteiger partial charge in [-0.05, 0) is 37.0 Å². The van der Waals surface area contributed by atoms with Gasteiger partial charge in [-0.15, -0.1) is 37.1 Å². The smallest absolute Gasteiger partial charge is 0.469 e. The number of halogens is 4. The van der Waals surface area contributed by atoms with E-state index in [1.165, 1.54) is 19.2 Å². The molecule has 1 aromatic carbocycles. The number of rotatable bonds is 8. The Kier molecular flexibility index (Phi) is 11.5. The Hall–Kier alpha value is -1.76. The number of nitrogens with zero attached hydrogens (tertiary/aromatic N) is 2. The zero-order valence-electron chi connectivity index (χ0n) is 18.4. The summed E-state index contributed by atoms with van der Waals surface area (Å²) in [4.78, 5) is 18.6. The average Bonchev–Trinajstić information content (AvgIpc) is 3.11. The molecule has 1 saturated heterocycles. The van der Waals surface area contributed by atoms with E-state index < -0.39 is 6.36 Å². The summed E-state index contributed by atoms with van der Waals surface area (Å²) < 4.78 is 45.6. The summed E-state index contributed by atoms with van der Waals surface area (Å²) >= 11 is 0. The van der Waals surface area contributed by atoms with Crippen molar-refractivity contribution in [3.8, 4) is 5.75 Å². The first-order chi connectivity index (χ1) is 14.7. The summed E-state index contributed by atoms with van der Waals surface area (Å²) in [5.41, 5.74) is 0.773. The first-order valence-electron chi connectivity index (χ1n) is 10.2. The van der Waals surface area contributed by atoms with Crippen LogP contribution in [0, 0.1) is 17.8 Å². The number of aliphatic imine (C=N–C) groups is 1.